The van der Waals surface area contributed by atoms with Gasteiger partial charge in [-0.25, -0.2) is 0 Å². The summed E-state index contributed by atoms with van der Waals surface area (Å²) in [5.74, 6) is 1.25. The summed E-state index contributed by atoms with van der Waals surface area (Å²) in [5, 5.41) is 5.83. The van der Waals surface area contributed by atoms with E-state index in [1.54, 1.807) is 11.3 Å². The van der Waals surface area contributed by atoms with Crippen LogP contribution < -0.4 is 5.73 Å². The van der Waals surface area contributed by atoms with E-state index in [4.69, 9.17) is 10.3 Å². The summed E-state index contributed by atoms with van der Waals surface area (Å²) in [5.41, 5.74) is 5.63. The summed E-state index contributed by atoms with van der Waals surface area (Å²) in [7, 11) is 0. The fraction of sp³-hybridized carbons (Fsp3) is 0.333. The molecule has 2 aromatic heterocycles. The van der Waals surface area contributed by atoms with E-state index in [2.05, 4.69) is 10.1 Å². The van der Waals surface area contributed by atoms with Crippen molar-refractivity contribution in [1.29, 1.82) is 0 Å². The van der Waals surface area contributed by atoms with Gasteiger partial charge in [-0.3, -0.25) is 0 Å². The third-order valence-electron chi connectivity index (χ3n) is 1.70. The fourth-order valence-electron chi connectivity index (χ4n) is 1.13. The minimum absolute atomic E-state index is 0.0591. The average Bonchev–Trinajstić information content (AvgIpc) is 2.69. The van der Waals surface area contributed by atoms with Crippen LogP contribution in [0.4, 0.5) is 0 Å². The molecule has 0 spiro atoms. The Morgan fingerprint density at radius 3 is 3.14 bits per heavy atom. The summed E-state index contributed by atoms with van der Waals surface area (Å²) in [6, 6.07) is 3.97. The van der Waals surface area contributed by atoms with Crippen LogP contribution in [0.2, 0.25) is 0 Å². The topological polar surface area (TPSA) is 64.9 Å². The van der Waals surface area contributed by atoms with Crippen molar-refractivity contribution in [2.24, 2.45) is 5.73 Å². The lowest BCUT2D eigenvalue weighted by molar-refractivity contribution is 0.421. The second-order valence-corrected chi connectivity index (χ2v) is 4.12. The Labute approximate surface area is 85.7 Å². The molecule has 1 atom stereocenters. The second-order valence-electron chi connectivity index (χ2n) is 3.17. The van der Waals surface area contributed by atoms with E-state index in [0.29, 0.717) is 18.1 Å². The first-order valence-electron chi connectivity index (χ1n) is 4.38. The van der Waals surface area contributed by atoms with Crippen molar-refractivity contribution in [3.05, 3.63) is 23.3 Å². The molecule has 0 aromatic carbocycles. The molecule has 0 amide bonds. The van der Waals surface area contributed by atoms with Crippen LogP contribution in [0.3, 0.4) is 0 Å². The third-order valence-corrected chi connectivity index (χ3v) is 2.56. The molecule has 2 rings (SSSR count). The van der Waals surface area contributed by atoms with Gasteiger partial charge in [0.15, 0.2) is 5.82 Å². The van der Waals surface area contributed by atoms with Crippen LogP contribution in [0.15, 0.2) is 22.0 Å². The molecule has 2 heterocycles. The van der Waals surface area contributed by atoms with Crippen molar-refractivity contribution in [3.63, 3.8) is 0 Å². The Morgan fingerprint density at radius 2 is 2.50 bits per heavy atom. The zero-order chi connectivity index (χ0) is 9.97. The number of aromatic nitrogens is 2. The third kappa shape index (κ3) is 2.00. The van der Waals surface area contributed by atoms with Crippen LogP contribution in [-0.4, -0.2) is 16.2 Å². The highest BCUT2D eigenvalue weighted by Gasteiger charge is 2.10. The van der Waals surface area contributed by atoms with Crippen LogP contribution in [0, 0.1) is 0 Å². The van der Waals surface area contributed by atoms with E-state index in [9.17, 15) is 0 Å². The molecular formula is C9H11N3OS. The van der Waals surface area contributed by atoms with Gasteiger partial charge in [-0.2, -0.15) is 4.98 Å². The van der Waals surface area contributed by atoms with Crippen molar-refractivity contribution in [3.8, 4) is 10.8 Å². The average molecular weight is 209 g/mol. The van der Waals surface area contributed by atoms with E-state index in [0.717, 1.165) is 4.88 Å². The molecule has 0 saturated carbocycles. The number of thiophene rings is 1. The molecule has 2 aromatic rings. The van der Waals surface area contributed by atoms with Crippen molar-refractivity contribution >= 4 is 11.3 Å². The molecule has 0 radical (unpaired) electrons. The van der Waals surface area contributed by atoms with Crippen molar-refractivity contribution in [2.75, 3.05) is 0 Å². The van der Waals surface area contributed by atoms with Crippen molar-refractivity contribution in [2.45, 2.75) is 19.4 Å². The lowest BCUT2D eigenvalue weighted by Gasteiger charge is -1.96. The van der Waals surface area contributed by atoms with Crippen LogP contribution in [0.25, 0.3) is 10.8 Å². The molecule has 0 aliphatic heterocycles. The first kappa shape index (κ1) is 9.36. The number of rotatable bonds is 3. The highest BCUT2D eigenvalue weighted by molar-refractivity contribution is 7.13. The smallest absolute Gasteiger partial charge is 0.267 e. The zero-order valence-electron chi connectivity index (χ0n) is 7.80. The molecule has 4 nitrogen and oxygen atoms in total. The number of hydrogen-bond donors (Lipinski definition) is 1. The fourth-order valence-corrected chi connectivity index (χ4v) is 1.77. The first-order chi connectivity index (χ1) is 6.75. The van der Waals surface area contributed by atoms with Gasteiger partial charge >= 0.3 is 0 Å². The Morgan fingerprint density at radius 1 is 1.64 bits per heavy atom. The van der Waals surface area contributed by atoms with Gasteiger partial charge in [0.25, 0.3) is 5.89 Å². The number of nitrogens with two attached hydrogens (primary N) is 1. The largest absolute Gasteiger partial charge is 0.333 e. The quantitative estimate of drug-likeness (QED) is 0.835. The molecular weight excluding hydrogens is 198 g/mol. The molecule has 0 saturated heterocycles. The predicted molar refractivity (Wildman–Crippen MR) is 55.0 cm³/mol. The maximum Gasteiger partial charge on any atom is 0.267 e. The Bertz CT molecular complexity index is 394. The lowest BCUT2D eigenvalue weighted by atomic mass is 10.2. The summed E-state index contributed by atoms with van der Waals surface area (Å²) >= 11 is 1.58. The Hall–Kier alpha value is -1.20. The van der Waals surface area contributed by atoms with Gasteiger partial charge in [0.2, 0.25) is 0 Å². The van der Waals surface area contributed by atoms with E-state index >= 15 is 0 Å². The van der Waals surface area contributed by atoms with Gasteiger partial charge in [-0.15, -0.1) is 11.3 Å². The van der Waals surface area contributed by atoms with Gasteiger partial charge in [0, 0.05) is 12.5 Å². The van der Waals surface area contributed by atoms with Crippen LogP contribution in [0.1, 0.15) is 12.7 Å². The Balaban J connectivity index is 2.18. The van der Waals surface area contributed by atoms with E-state index < -0.39 is 0 Å². The normalized spacial score (nSPS) is 13.0. The summed E-state index contributed by atoms with van der Waals surface area (Å²) in [4.78, 5) is 5.24. The predicted octanol–water partition coefficient (Wildman–Crippen LogP) is 1.69. The van der Waals surface area contributed by atoms with Gasteiger partial charge in [-0.05, 0) is 18.4 Å². The van der Waals surface area contributed by atoms with Crippen molar-refractivity contribution in [1.82, 2.24) is 10.1 Å². The summed E-state index contributed by atoms with van der Waals surface area (Å²) in [6.45, 7) is 1.92. The van der Waals surface area contributed by atoms with Crippen LogP contribution in [-0.2, 0) is 6.42 Å². The minimum atomic E-state index is 0.0591. The minimum Gasteiger partial charge on any atom is -0.333 e. The highest BCUT2D eigenvalue weighted by atomic mass is 32.1. The molecule has 0 aliphatic carbocycles. The maximum absolute atomic E-state index is 5.63. The molecule has 0 bridgehead atoms. The second kappa shape index (κ2) is 3.89. The lowest BCUT2D eigenvalue weighted by Crippen LogP contribution is -2.18. The van der Waals surface area contributed by atoms with Crippen molar-refractivity contribution < 1.29 is 4.52 Å². The Kier molecular flexibility index (Phi) is 2.60. The number of nitrogens with zero attached hydrogens (tertiary/aromatic N) is 2. The molecule has 0 fully saturated rings. The van der Waals surface area contributed by atoms with Gasteiger partial charge in [-0.1, -0.05) is 11.2 Å². The molecule has 0 aliphatic rings. The standard InChI is InChI=1S/C9H11N3OS/c1-6(10)5-8-11-9(13-12-8)7-3-2-4-14-7/h2-4,6H,5,10H2,1H3. The molecule has 1 unspecified atom stereocenters. The molecule has 14 heavy (non-hydrogen) atoms. The zero-order valence-corrected chi connectivity index (χ0v) is 8.62. The highest BCUT2D eigenvalue weighted by Crippen LogP contribution is 2.22. The first-order valence-corrected chi connectivity index (χ1v) is 5.25. The maximum atomic E-state index is 5.63. The molecule has 5 heteroatoms. The van der Waals surface area contributed by atoms with Crippen LogP contribution >= 0.6 is 11.3 Å². The van der Waals surface area contributed by atoms with Gasteiger partial charge in [0.1, 0.15) is 0 Å². The van der Waals surface area contributed by atoms with E-state index in [1.165, 1.54) is 0 Å². The van der Waals surface area contributed by atoms with E-state index in [-0.39, 0.29) is 6.04 Å². The number of hydrogen-bond acceptors (Lipinski definition) is 5. The summed E-state index contributed by atoms with van der Waals surface area (Å²) in [6.07, 6.45) is 0.648. The van der Waals surface area contributed by atoms with E-state index in [1.807, 2.05) is 24.4 Å². The monoisotopic (exact) mass is 209 g/mol. The van der Waals surface area contributed by atoms with Crippen LogP contribution in [0.5, 0.6) is 0 Å². The van der Waals surface area contributed by atoms with Gasteiger partial charge < -0.3 is 10.3 Å². The molecule has 74 valence electrons. The molecule has 2 N–H and O–H groups in total. The summed E-state index contributed by atoms with van der Waals surface area (Å²) < 4.78 is 5.10. The SMILES string of the molecule is CC(N)Cc1noc(-c2cccs2)n1. The van der Waals surface area contributed by atoms with Gasteiger partial charge in [0.05, 0.1) is 4.88 Å².